The van der Waals surface area contributed by atoms with E-state index in [4.69, 9.17) is 16.0 Å². The van der Waals surface area contributed by atoms with Crippen molar-refractivity contribution in [2.45, 2.75) is 40.2 Å². The molecule has 7 heteroatoms. The highest BCUT2D eigenvalue weighted by atomic mass is 35.5. The number of aryl methyl sites for hydroxylation is 1. The van der Waals surface area contributed by atoms with Crippen LogP contribution in [-0.4, -0.2) is 26.3 Å². The molecule has 3 aromatic rings. The molecule has 2 aromatic heterocycles. The summed E-state index contributed by atoms with van der Waals surface area (Å²) in [6, 6.07) is 8.05. The molecule has 6 nitrogen and oxygen atoms in total. The van der Waals surface area contributed by atoms with Gasteiger partial charge < -0.3 is 14.3 Å². The first-order chi connectivity index (χ1) is 15.4. The molecule has 0 saturated carbocycles. The van der Waals surface area contributed by atoms with Crippen molar-refractivity contribution in [3.05, 3.63) is 64.9 Å². The van der Waals surface area contributed by atoms with Gasteiger partial charge in [0.15, 0.2) is 0 Å². The number of hydrogen-bond acceptors (Lipinski definition) is 5. The van der Waals surface area contributed by atoms with E-state index in [1.165, 1.54) is 11.1 Å². The first-order valence-corrected chi connectivity index (χ1v) is 11.7. The maximum absolute atomic E-state index is 6.00. The predicted octanol–water partition coefficient (Wildman–Crippen LogP) is 5.31. The fourth-order valence-corrected chi connectivity index (χ4v) is 4.83. The Bertz CT molecular complexity index is 1050. The summed E-state index contributed by atoms with van der Waals surface area (Å²) in [5.74, 6) is 3.39. The molecule has 1 aliphatic carbocycles. The van der Waals surface area contributed by atoms with E-state index >= 15 is 0 Å². The Morgan fingerprint density at radius 2 is 2.00 bits per heavy atom. The Morgan fingerprint density at radius 1 is 1.22 bits per heavy atom. The maximum Gasteiger partial charge on any atom is 0.265 e. The van der Waals surface area contributed by atoms with E-state index in [0.717, 1.165) is 36.6 Å². The number of nitrogens with zero attached hydrogens (tertiary/aromatic N) is 4. The normalized spacial score (nSPS) is 21.2. The molecular weight excluding hydrogens is 422 g/mol. The van der Waals surface area contributed by atoms with Gasteiger partial charge in [-0.3, -0.25) is 0 Å². The highest BCUT2D eigenvalue weighted by Gasteiger charge is 2.32. The fraction of sp³-hybridized carbons (Fsp3) is 0.480. The van der Waals surface area contributed by atoms with Gasteiger partial charge in [0.05, 0.1) is 12.5 Å². The Balaban J connectivity index is 1.40. The van der Waals surface area contributed by atoms with Crippen LogP contribution in [0.1, 0.15) is 38.6 Å². The first kappa shape index (κ1) is 22.7. The molecule has 2 heterocycles. The highest BCUT2D eigenvalue weighted by Crippen LogP contribution is 2.38. The van der Waals surface area contributed by atoms with Gasteiger partial charge in [-0.2, -0.15) is 0 Å². The lowest BCUT2D eigenvalue weighted by atomic mass is 9.70. The zero-order chi connectivity index (χ0) is 22.7. The van der Waals surface area contributed by atoms with E-state index in [1.54, 1.807) is 12.5 Å². The third kappa shape index (κ3) is 5.30. The molecule has 0 aliphatic heterocycles. The summed E-state index contributed by atoms with van der Waals surface area (Å²) in [5, 5.41) is 13.0. The van der Waals surface area contributed by atoms with Crippen LogP contribution >= 0.6 is 11.6 Å². The molecule has 1 N–H and O–H groups in total. The molecule has 170 valence electrons. The number of imidazole rings is 1. The van der Waals surface area contributed by atoms with Gasteiger partial charge in [0, 0.05) is 31.6 Å². The summed E-state index contributed by atoms with van der Waals surface area (Å²) in [5.41, 5.74) is 3.51. The fourth-order valence-electron chi connectivity index (χ4n) is 4.71. The van der Waals surface area contributed by atoms with Crippen LogP contribution in [-0.2, 0) is 20.0 Å². The molecule has 32 heavy (non-hydrogen) atoms. The van der Waals surface area contributed by atoms with Crippen LogP contribution in [0.4, 0.5) is 0 Å². The Hall–Kier alpha value is -2.44. The number of benzene rings is 1. The van der Waals surface area contributed by atoms with Crippen LogP contribution in [0.5, 0.6) is 0 Å². The maximum atomic E-state index is 6.00. The second-order valence-corrected chi connectivity index (χ2v) is 9.70. The quantitative estimate of drug-likeness (QED) is 0.468. The van der Waals surface area contributed by atoms with Crippen LogP contribution in [0.2, 0.25) is 5.02 Å². The summed E-state index contributed by atoms with van der Waals surface area (Å²) in [7, 11) is 1.93. The van der Waals surface area contributed by atoms with Crippen molar-refractivity contribution in [3.8, 4) is 11.6 Å². The molecule has 1 aromatic carbocycles. The largest absolute Gasteiger partial charge is 0.419 e. The van der Waals surface area contributed by atoms with Crippen molar-refractivity contribution in [2.75, 3.05) is 6.54 Å². The second-order valence-electron chi connectivity index (χ2n) is 9.27. The smallest absolute Gasteiger partial charge is 0.265 e. The number of aromatic nitrogens is 4. The lowest BCUT2D eigenvalue weighted by Crippen LogP contribution is -2.34. The van der Waals surface area contributed by atoms with Crippen molar-refractivity contribution in [1.82, 2.24) is 25.1 Å². The van der Waals surface area contributed by atoms with Gasteiger partial charge in [-0.25, -0.2) is 4.98 Å². The van der Waals surface area contributed by atoms with Gasteiger partial charge in [-0.1, -0.05) is 49.2 Å². The predicted molar refractivity (Wildman–Crippen MR) is 127 cm³/mol. The van der Waals surface area contributed by atoms with Gasteiger partial charge >= 0.3 is 0 Å². The molecule has 3 unspecified atom stereocenters. The molecule has 0 spiro atoms. The average molecular weight is 454 g/mol. The van der Waals surface area contributed by atoms with Crippen LogP contribution in [0.3, 0.4) is 0 Å². The summed E-state index contributed by atoms with van der Waals surface area (Å²) in [6.45, 7) is 8.73. The molecule has 0 fully saturated rings. The molecule has 0 bridgehead atoms. The molecule has 3 atom stereocenters. The first-order valence-electron chi connectivity index (χ1n) is 11.3. The summed E-state index contributed by atoms with van der Waals surface area (Å²) < 4.78 is 7.86. The third-order valence-corrected chi connectivity index (χ3v) is 6.88. The summed E-state index contributed by atoms with van der Waals surface area (Å²) >= 11 is 6.00. The molecule has 0 amide bonds. The average Bonchev–Trinajstić information content (AvgIpc) is 3.39. The SMILES string of the molecule is CC1=CC(CNCc2ccc(Cl)cc2)C(C(C)C)CC1Cc1nnc(-c2cncn2C)o1. The van der Waals surface area contributed by atoms with E-state index < -0.39 is 0 Å². The number of hydrogen-bond donors (Lipinski definition) is 1. The van der Waals surface area contributed by atoms with Crippen molar-refractivity contribution < 1.29 is 4.42 Å². The van der Waals surface area contributed by atoms with E-state index in [2.05, 4.69) is 59.5 Å². The topological polar surface area (TPSA) is 68.8 Å². The minimum Gasteiger partial charge on any atom is -0.419 e. The van der Waals surface area contributed by atoms with E-state index in [0.29, 0.717) is 35.5 Å². The van der Waals surface area contributed by atoms with Gasteiger partial charge in [0.1, 0.15) is 5.69 Å². The minimum absolute atomic E-state index is 0.426. The van der Waals surface area contributed by atoms with E-state index in [9.17, 15) is 0 Å². The standard InChI is InChI=1S/C25H32ClN5O/c1-16(2)22-10-19(11-24-29-30-25(32-24)23-14-28-15-31(23)4)17(3)9-20(22)13-27-12-18-5-7-21(26)8-6-18/h5-9,14-16,19-20,22,27H,10-13H2,1-4H3. The van der Waals surface area contributed by atoms with Gasteiger partial charge in [-0.15, -0.1) is 10.2 Å². The zero-order valence-electron chi connectivity index (χ0n) is 19.3. The Morgan fingerprint density at radius 3 is 2.69 bits per heavy atom. The minimum atomic E-state index is 0.426. The van der Waals surface area contributed by atoms with Gasteiger partial charge in [0.25, 0.3) is 5.89 Å². The van der Waals surface area contributed by atoms with Crippen molar-refractivity contribution >= 4 is 11.6 Å². The molecule has 0 radical (unpaired) electrons. The third-order valence-electron chi connectivity index (χ3n) is 6.63. The van der Waals surface area contributed by atoms with Crippen LogP contribution in [0, 0.1) is 23.7 Å². The van der Waals surface area contributed by atoms with Crippen molar-refractivity contribution in [1.29, 1.82) is 0 Å². The van der Waals surface area contributed by atoms with E-state index in [1.807, 2.05) is 23.7 Å². The van der Waals surface area contributed by atoms with Crippen LogP contribution < -0.4 is 5.32 Å². The lowest BCUT2D eigenvalue weighted by Gasteiger charge is -2.37. The second kappa shape index (κ2) is 10.0. The molecule has 4 rings (SSSR count). The van der Waals surface area contributed by atoms with Gasteiger partial charge in [-0.05, 0) is 54.7 Å². The van der Waals surface area contributed by atoms with Crippen molar-refractivity contribution in [3.63, 3.8) is 0 Å². The van der Waals surface area contributed by atoms with Gasteiger partial charge in [0.2, 0.25) is 5.89 Å². The summed E-state index contributed by atoms with van der Waals surface area (Å²) in [6.07, 6.45) is 7.87. The zero-order valence-corrected chi connectivity index (χ0v) is 20.0. The van der Waals surface area contributed by atoms with Crippen molar-refractivity contribution in [2.24, 2.45) is 30.7 Å². The molecule has 0 saturated heterocycles. The van der Waals surface area contributed by atoms with Crippen LogP contribution in [0.15, 0.2) is 52.9 Å². The summed E-state index contributed by atoms with van der Waals surface area (Å²) in [4.78, 5) is 4.13. The number of rotatable bonds is 8. The Kier molecular flexibility index (Phi) is 7.11. The monoisotopic (exact) mass is 453 g/mol. The lowest BCUT2D eigenvalue weighted by molar-refractivity contribution is 0.218. The molecule has 1 aliphatic rings. The highest BCUT2D eigenvalue weighted by molar-refractivity contribution is 6.30. The Labute approximate surface area is 195 Å². The van der Waals surface area contributed by atoms with E-state index in [-0.39, 0.29) is 0 Å². The number of nitrogens with one attached hydrogen (secondary N) is 1. The number of allylic oxidation sites excluding steroid dienone is 1. The number of halogens is 1. The van der Waals surface area contributed by atoms with Crippen LogP contribution in [0.25, 0.3) is 11.6 Å². The molecular formula is C25H32ClN5O.